The van der Waals surface area contributed by atoms with Gasteiger partial charge in [-0.25, -0.2) is 24.3 Å². The lowest BCUT2D eigenvalue weighted by atomic mass is 10.0. The molecule has 3 aliphatic rings. The monoisotopic (exact) mass is 733 g/mol. The molecule has 3 aromatic carbocycles. The highest BCUT2D eigenvalue weighted by atomic mass is 35.5. The highest BCUT2D eigenvalue weighted by Crippen LogP contribution is 2.41. The number of halogens is 2. The molecule has 4 amide bonds. The number of hydrogen-bond acceptors (Lipinski definition) is 10. The number of urea groups is 1. The smallest absolute Gasteiger partial charge is 0.339 e. The molecule has 15 heteroatoms. The first kappa shape index (κ1) is 34.7. The van der Waals surface area contributed by atoms with Crippen molar-refractivity contribution in [2.75, 3.05) is 54.1 Å². The molecule has 51 heavy (non-hydrogen) atoms. The van der Waals surface area contributed by atoms with Crippen LogP contribution < -0.4 is 19.4 Å². The minimum Gasteiger partial charge on any atom is -0.491 e. The number of anilines is 3. The van der Waals surface area contributed by atoms with Crippen molar-refractivity contribution in [2.24, 2.45) is 0 Å². The highest BCUT2D eigenvalue weighted by Gasteiger charge is 2.54. The van der Waals surface area contributed by atoms with E-state index < -0.39 is 29.2 Å². The third-order valence-electron chi connectivity index (χ3n) is 9.41. The Bertz CT molecular complexity index is 1920. The van der Waals surface area contributed by atoms with Crippen molar-refractivity contribution < 1.29 is 28.6 Å². The van der Waals surface area contributed by atoms with Crippen molar-refractivity contribution in [3.63, 3.8) is 0 Å². The van der Waals surface area contributed by atoms with Gasteiger partial charge in [0.05, 0.1) is 17.3 Å². The van der Waals surface area contributed by atoms with Gasteiger partial charge < -0.3 is 24.0 Å². The van der Waals surface area contributed by atoms with E-state index in [9.17, 15) is 14.4 Å². The zero-order valence-corrected chi connectivity index (χ0v) is 29.9. The van der Waals surface area contributed by atoms with E-state index in [2.05, 4.69) is 19.9 Å². The molecule has 2 atom stereocenters. The molecular weight excluding hydrogens is 697 g/mol. The molecule has 0 N–H and O–H groups in total. The lowest BCUT2D eigenvalue weighted by Gasteiger charge is -2.37. The number of rotatable bonds is 9. The maximum Gasteiger partial charge on any atom is 0.339 e. The Morgan fingerprint density at radius 1 is 0.922 bits per heavy atom. The van der Waals surface area contributed by atoms with E-state index in [-0.39, 0.29) is 19.3 Å². The van der Waals surface area contributed by atoms with Crippen LogP contribution in [0.25, 0.3) is 0 Å². The first-order valence-corrected chi connectivity index (χ1v) is 17.3. The number of hydrogen-bond donors (Lipinski definition) is 0. The Kier molecular flexibility index (Phi) is 9.40. The van der Waals surface area contributed by atoms with Gasteiger partial charge in [-0.05, 0) is 74.5 Å². The zero-order valence-electron chi connectivity index (χ0n) is 28.4. The summed E-state index contributed by atoms with van der Waals surface area (Å²) in [6.07, 6.45) is 2.68. The average Bonchev–Trinajstić information content (AvgIpc) is 3.82. The first-order chi connectivity index (χ1) is 24.4. The second-order valence-electron chi connectivity index (χ2n) is 13.2. The van der Waals surface area contributed by atoms with Crippen LogP contribution in [0.2, 0.25) is 10.0 Å². The van der Waals surface area contributed by atoms with Crippen LogP contribution in [0.5, 0.6) is 5.75 Å². The van der Waals surface area contributed by atoms with Gasteiger partial charge in [0.2, 0.25) is 11.7 Å². The number of nitrogens with zero attached hydrogens (tertiary/aromatic N) is 7. The van der Waals surface area contributed by atoms with Gasteiger partial charge in [-0.2, -0.15) is 5.10 Å². The van der Waals surface area contributed by atoms with Crippen LogP contribution >= 0.6 is 23.2 Å². The molecule has 0 saturated carbocycles. The molecule has 0 unspecified atom stereocenters. The van der Waals surface area contributed by atoms with E-state index in [1.165, 1.54) is 13.3 Å². The molecule has 3 fully saturated rings. The SMILES string of the molecule is CC(=O)N1C(=O)N(c2ccc(N3CCN(c4ccc(OC[C@@H]5CO[C@@](Cn6cncn6)(c6ccc(Cl)cc6Cl)O5)cc4)CC3)cc2)C(=O)C1(C)C. The van der Waals surface area contributed by atoms with Gasteiger partial charge in [-0.3, -0.25) is 9.59 Å². The summed E-state index contributed by atoms with van der Waals surface area (Å²) in [5, 5.41) is 5.16. The van der Waals surface area contributed by atoms with Crippen LogP contribution in [-0.4, -0.2) is 88.5 Å². The first-order valence-electron chi connectivity index (χ1n) is 16.6. The Morgan fingerprint density at radius 2 is 1.55 bits per heavy atom. The van der Waals surface area contributed by atoms with Crippen LogP contribution in [0.3, 0.4) is 0 Å². The van der Waals surface area contributed by atoms with Gasteiger partial charge in [0, 0.05) is 55.1 Å². The van der Waals surface area contributed by atoms with Crippen molar-refractivity contribution in [1.29, 1.82) is 0 Å². The summed E-state index contributed by atoms with van der Waals surface area (Å²) >= 11 is 12.7. The van der Waals surface area contributed by atoms with E-state index in [1.807, 2.05) is 36.4 Å². The minimum atomic E-state index is -1.23. The largest absolute Gasteiger partial charge is 0.491 e. The molecule has 0 spiro atoms. The molecule has 0 aliphatic carbocycles. The van der Waals surface area contributed by atoms with Gasteiger partial charge in [-0.15, -0.1) is 0 Å². The van der Waals surface area contributed by atoms with Crippen molar-refractivity contribution in [3.05, 3.63) is 95.0 Å². The quantitative estimate of drug-likeness (QED) is 0.208. The average molecular weight is 735 g/mol. The highest BCUT2D eigenvalue weighted by molar-refractivity contribution is 6.35. The molecule has 13 nitrogen and oxygen atoms in total. The van der Waals surface area contributed by atoms with E-state index in [0.29, 0.717) is 33.7 Å². The van der Waals surface area contributed by atoms with Crippen LogP contribution in [0.4, 0.5) is 21.9 Å². The zero-order chi connectivity index (χ0) is 35.9. The fourth-order valence-electron chi connectivity index (χ4n) is 6.81. The maximum atomic E-state index is 13.0. The second-order valence-corrected chi connectivity index (χ2v) is 14.0. The summed E-state index contributed by atoms with van der Waals surface area (Å²) < 4.78 is 20.5. The van der Waals surface area contributed by atoms with Crippen LogP contribution in [0.1, 0.15) is 26.3 Å². The van der Waals surface area contributed by atoms with Crippen LogP contribution in [-0.2, 0) is 31.4 Å². The number of carbonyl (C=O) groups excluding carboxylic acids is 3. The summed E-state index contributed by atoms with van der Waals surface area (Å²) in [6, 6.07) is 19.9. The normalized spacial score (nSPS) is 21.9. The third-order valence-corrected chi connectivity index (χ3v) is 9.96. The van der Waals surface area contributed by atoms with Crippen LogP contribution in [0, 0.1) is 0 Å². The Hall–Kier alpha value is -4.69. The number of carbonyl (C=O) groups is 3. The van der Waals surface area contributed by atoms with Gasteiger partial charge in [0.1, 0.15) is 43.2 Å². The van der Waals surface area contributed by atoms with E-state index in [0.717, 1.165) is 47.4 Å². The number of benzene rings is 3. The van der Waals surface area contributed by atoms with Crippen molar-refractivity contribution in [3.8, 4) is 5.75 Å². The molecule has 0 bridgehead atoms. The molecule has 7 rings (SSSR count). The molecule has 266 valence electrons. The lowest BCUT2D eigenvalue weighted by molar-refractivity contribution is -0.190. The van der Waals surface area contributed by atoms with Gasteiger partial charge in [0.15, 0.2) is 0 Å². The van der Waals surface area contributed by atoms with Crippen molar-refractivity contribution >= 4 is 58.1 Å². The summed E-state index contributed by atoms with van der Waals surface area (Å²) in [7, 11) is 0. The number of ether oxygens (including phenoxy) is 3. The standard InChI is InChI=1S/C36H37Cl2N7O6/c1-24(46)45-34(48)44(33(47)35(45,2)3)28-7-5-26(6-8-28)41-14-16-42(17-15-41)27-9-11-29(12-10-27)49-19-30-20-50-36(51-30,21-43-23-39-22-40-43)31-13-4-25(37)18-32(31)38/h4-13,18,22-23,30H,14-17,19-21H2,1-3H3/t30-,36-/m1/s1. The third kappa shape index (κ3) is 6.74. The van der Waals surface area contributed by atoms with Crippen molar-refractivity contribution in [1.82, 2.24) is 19.7 Å². The van der Waals surface area contributed by atoms with Crippen LogP contribution in [0.15, 0.2) is 79.4 Å². The molecule has 4 aromatic rings. The van der Waals surface area contributed by atoms with E-state index in [4.69, 9.17) is 37.4 Å². The Balaban J connectivity index is 0.927. The number of aromatic nitrogens is 3. The fraction of sp³-hybridized carbons (Fsp3) is 0.361. The van der Waals surface area contributed by atoms with E-state index >= 15 is 0 Å². The molecular formula is C36H37Cl2N7O6. The fourth-order valence-corrected chi connectivity index (χ4v) is 7.36. The Labute approximate surface area is 305 Å². The number of imide groups is 2. The topological polar surface area (TPSA) is 123 Å². The lowest BCUT2D eigenvalue weighted by Crippen LogP contribution is -2.46. The maximum absolute atomic E-state index is 13.0. The van der Waals surface area contributed by atoms with Gasteiger partial charge >= 0.3 is 6.03 Å². The Morgan fingerprint density at radius 3 is 2.12 bits per heavy atom. The molecule has 3 aliphatic heterocycles. The van der Waals surface area contributed by atoms with Crippen molar-refractivity contribution in [2.45, 2.75) is 44.7 Å². The molecule has 1 aromatic heterocycles. The minimum absolute atomic E-state index is 0.248. The summed E-state index contributed by atoms with van der Waals surface area (Å²) in [5.41, 5.74) is 1.93. The summed E-state index contributed by atoms with van der Waals surface area (Å²) in [4.78, 5) is 48.8. The summed E-state index contributed by atoms with van der Waals surface area (Å²) in [5.74, 6) is -1.36. The predicted octanol–water partition coefficient (Wildman–Crippen LogP) is 5.35. The molecule has 0 radical (unpaired) electrons. The number of piperazine rings is 1. The molecule has 3 saturated heterocycles. The predicted molar refractivity (Wildman–Crippen MR) is 191 cm³/mol. The summed E-state index contributed by atoms with van der Waals surface area (Å²) in [6.45, 7) is 8.46. The van der Waals surface area contributed by atoms with Gasteiger partial charge in [-0.1, -0.05) is 29.3 Å². The van der Waals surface area contributed by atoms with Gasteiger partial charge in [0.25, 0.3) is 5.91 Å². The number of amides is 4. The second kappa shape index (κ2) is 13.8. The molecule has 4 heterocycles. The van der Waals surface area contributed by atoms with E-state index in [1.54, 1.807) is 55.2 Å².